The Hall–Kier alpha value is -1.53. The minimum atomic E-state index is -0.559. The number of methoxy groups -OCH3 is 1. The van der Waals surface area contributed by atoms with E-state index < -0.39 is 11.4 Å². The number of hydrogen-bond acceptors (Lipinski definition) is 5. The van der Waals surface area contributed by atoms with Gasteiger partial charge in [-0.15, -0.1) is 0 Å². The van der Waals surface area contributed by atoms with E-state index in [0.717, 1.165) is 70.0 Å². The van der Waals surface area contributed by atoms with Gasteiger partial charge in [0.2, 0.25) is 0 Å². The summed E-state index contributed by atoms with van der Waals surface area (Å²) in [6, 6.07) is 0. The number of aliphatic hydroxyl groups is 1. The Morgan fingerprint density at radius 1 is 0.844 bits per heavy atom. The van der Waals surface area contributed by atoms with Crippen molar-refractivity contribution in [3.63, 3.8) is 0 Å². The smallest absolute Gasteiger partial charge is 0.313 e. The van der Waals surface area contributed by atoms with Gasteiger partial charge in [0.25, 0.3) is 0 Å². The van der Waals surface area contributed by atoms with Crippen LogP contribution in [0.3, 0.4) is 0 Å². The van der Waals surface area contributed by atoms with Gasteiger partial charge < -0.3 is 24.5 Å². The molecule has 5 aliphatic carbocycles. The Bertz CT molecular complexity index is 947. The molecule has 6 nitrogen and oxygen atoms in total. The summed E-state index contributed by atoms with van der Waals surface area (Å²) in [5, 5.41) is 17.4. The lowest BCUT2D eigenvalue weighted by molar-refractivity contribution is -0.166. The van der Waals surface area contributed by atoms with Crippen molar-refractivity contribution < 1.29 is 29.3 Å². The largest absolute Gasteiger partial charge is 0.481 e. The molecular weight excluding hydrogens is 564 g/mol. The third-order valence-electron chi connectivity index (χ3n) is 12.4. The molecule has 8 atom stereocenters. The number of unbranched alkanes of at least 4 members (excludes halogenated alkanes) is 1. The monoisotopic (exact) mass is 637 g/mol. The SMILES string of the molecule is C.CC.CC.CO.COC1CCC2(C)C(CCC3(C)C4CCC5(C(=O)O)CCC(C)(C)CC5=C4CCC32)C1C.O=CCCC=O. The lowest BCUT2D eigenvalue weighted by Gasteiger charge is -2.66. The summed E-state index contributed by atoms with van der Waals surface area (Å²) in [5.74, 6) is 2.24. The van der Waals surface area contributed by atoms with Gasteiger partial charge in [-0.05, 0) is 111 Å². The van der Waals surface area contributed by atoms with E-state index in [0.29, 0.717) is 41.6 Å². The fourth-order valence-electron chi connectivity index (χ4n) is 10.3. The van der Waals surface area contributed by atoms with Crippen molar-refractivity contribution in [2.75, 3.05) is 14.2 Å². The maximum absolute atomic E-state index is 12.6. The fourth-order valence-corrected chi connectivity index (χ4v) is 10.3. The van der Waals surface area contributed by atoms with Gasteiger partial charge in [0.05, 0.1) is 11.5 Å². The lowest BCUT2D eigenvalue weighted by atomic mass is 9.39. The topological polar surface area (TPSA) is 101 Å². The van der Waals surface area contributed by atoms with Crippen LogP contribution in [0.25, 0.3) is 0 Å². The van der Waals surface area contributed by atoms with Crippen LogP contribution >= 0.6 is 0 Å². The second-order valence-electron chi connectivity index (χ2n) is 14.7. The summed E-state index contributed by atoms with van der Waals surface area (Å²) in [6.45, 7) is 20.4. The average molecular weight is 637 g/mol. The van der Waals surface area contributed by atoms with E-state index in [1.807, 2.05) is 34.8 Å². The van der Waals surface area contributed by atoms with E-state index in [1.54, 1.807) is 5.57 Å². The molecular formula is C39H72O6. The molecule has 8 unspecified atom stereocenters. The highest BCUT2D eigenvalue weighted by Crippen LogP contribution is 2.70. The molecule has 0 spiro atoms. The minimum absolute atomic E-state index is 0. The van der Waals surface area contributed by atoms with Crippen molar-refractivity contribution >= 4 is 18.5 Å². The molecule has 0 aromatic heterocycles. The zero-order chi connectivity index (χ0) is 33.9. The van der Waals surface area contributed by atoms with Gasteiger partial charge in [-0.25, -0.2) is 0 Å². The summed E-state index contributed by atoms with van der Waals surface area (Å²) in [5.41, 5.74) is 3.39. The number of allylic oxidation sites excluding steroid dienone is 1. The molecule has 2 N–H and O–H groups in total. The number of carbonyl (C=O) groups excluding carboxylic acids is 2. The molecule has 4 saturated carbocycles. The third kappa shape index (κ3) is 8.50. The van der Waals surface area contributed by atoms with Crippen LogP contribution in [-0.2, 0) is 19.1 Å². The number of aliphatic carboxylic acids is 1. The van der Waals surface area contributed by atoms with Crippen molar-refractivity contribution in [1.82, 2.24) is 0 Å². The molecule has 0 aromatic carbocycles. The number of aldehydes is 2. The Morgan fingerprint density at radius 3 is 1.91 bits per heavy atom. The first-order valence-corrected chi connectivity index (χ1v) is 17.7. The van der Waals surface area contributed by atoms with Gasteiger partial charge in [-0.3, -0.25) is 4.79 Å². The predicted octanol–water partition coefficient (Wildman–Crippen LogP) is 9.71. The van der Waals surface area contributed by atoms with Gasteiger partial charge in [0.1, 0.15) is 12.6 Å². The minimum Gasteiger partial charge on any atom is -0.481 e. The highest BCUT2D eigenvalue weighted by molar-refractivity contribution is 5.80. The zero-order valence-electron chi connectivity index (χ0n) is 30.3. The summed E-state index contributed by atoms with van der Waals surface area (Å²) in [6.07, 6.45) is 15.0. The van der Waals surface area contributed by atoms with Gasteiger partial charge in [0, 0.05) is 27.1 Å². The summed E-state index contributed by atoms with van der Waals surface area (Å²) in [4.78, 5) is 31.5. The molecule has 5 aliphatic rings. The van der Waals surface area contributed by atoms with Crippen molar-refractivity contribution in [3.05, 3.63) is 11.1 Å². The number of hydrogen-bond donors (Lipinski definition) is 2. The molecule has 0 radical (unpaired) electrons. The molecule has 264 valence electrons. The molecule has 45 heavy (non-hydrogen) atoms. The molecule has 0 saturated heterocycles. The Kier molecular flexibility index (Phi) is 18.1. The normalized spacial score (nSPS) is 36.9. The number of aliphatic hydroxyl groups excluding tert-OH is 1. The first kappa shape index (κ1) is 43.5. The quantitative estimate of drug-likeness (QED) is 0.177. The lowest BCUT2D eigenvalue weighted by Crippen LogP contribution is -2.59. The van der Waals surface area contributed by atoms with Crippen molar-refractivity contribution in [2.45, 2.75) is 159 Å². The van der Waals surface area contributed by atoms with Gasteiger partial charge in [-0.1, -0.05) is 80.9 Å². The van der Waals surface area contributed by atoms with Crippen LogP contribution < -0.4 is 0 Å². The second kappa shape index (κ2) is 18.7. The van der Waals surface area contributed by atoms with Crippen LogP contribution in [0, 0.1) is 45.3 Å². The Balaban J connectivity index is 0.00000131. The first-order valence-electron chi connectivity index (χ1n) is 17.7. The van der Waals surface area contributed by atoms with Gasteiger partial charge in [0.15, 0.2) is 0 Å². The Labute approximate surface area is 277 Å². The molecule has 0 bridgehead atoms. The fraction of sp³-hybridized carbons (Fsp3) is 0.872. The van der Waals surface area contributed by atoms with E-state index in [2.05, 4.69) is 34.6 Å². The average Bonchev–Trinajstić information content (AvgIpc) is 3.02. The van der Waals surface area contributed by atoms with Crippen LogP contribution in [-0.4, -0.2) is 49.1 Å². The maximum Gasteiger partial charge on any atom is 0.313 e. The molecule has 4 fully saturated rings. The summed E-state index contributed by atoms with van der Waals surface area (Å²) in [7, 11) is 2.90. The molecule has 0 aliphatic heterocycles. The second-order valence-corrected chi connectivity index (χ2v) is 14.7. The number of carbonyl (C=O) groups is 3. The van der Waals surface area contributed by atoms with E-state index in [1.165, 1.54) is 37.7 Å². The molecule has 6 heteroatoms. The molecule has 5 rings (SSSR count). The van der Waals surface area contributed by atoms with Gasteiger partial charge in [-0.2, -0.15) is 0 Å². The number of ether oxygens (including phenoxy) is 1. The number of fused-ring (bicyclic) bond motifs is 6. The highest BCUT2D eigenvalue weighted by Gasteiger charge is 2.63. The number of rotatable bonds is 5. The van der Waals surface area contributed by atoms with E-state index in [4.69, 9.17) is 9.84 Å². The molecule has 0 heterocycles. The predicted molar refractivity (Wildman–Crippen MR) is 187 cm³/mol. The van der Waals surface area contributed by atoms with Crippen LogP contribution in [0.2, 0.25) is 0 Å². The number of carboxylic acid groups (broad SMARTS) is 1. The van der Waals surface area contributed by atoms with Crippen molar-refractivity contribution in [2.24, 2.45) is 45.3 Å². The summed E-state index contributed by atoms with van der Waals surface area (Å²) < 4.78 is 5.89. The third-order valence-corrected chi connectivity index (χ3v) is 12.4. The van der Waals surface area contributed by atoms with Crippen molar-refractivity contribution in [1.29, 1.82) is 0 Å². The standard InChI is InChI=1S/C29H46O3.C4H6O2.2C2H6.CH4O.CH4/c1-18-20-9-12-28(5)21-10-14-29(25(30)31)16-15-26(2,3)17-22(29)19(21)7-8-24(28)27(20,4)13-11-23(18)32-6;5-3-1-2-4-6;3*1-2;/h18,20-21,23-24H,7-17H2,1-6H3,(H,30,31);3-4H,1-2H2;2*1-2H3;2H,1H3;1H4. The Morgan fingerprint density at radius 2 is 1.40 bits per heavy atom. The van der Waals surface area contributed by atoms with Gasteiger partial charge >= 0.3 is 5.97 Å². The first-order chi connectivity index (χ1) is 20.9. The van der Waals surface area contributed by atoms with E-state index >= 15 is 0 Å². The molecule has 0 amide bonds. The van der Waals surface area contributed by atoms with Crippen LogP contribution in [0.1, 0.15) is 153 Å². The van der Waals surface area contributed by atoms with E-state index in [9.17, 15) is 19.5 Å². The van der Waals surface area contributed by atoms with Crippen molar-refractivity contribution in [3.8, 4) is 0 Å². The van der Waals surface area contributed by atoms with E-state index in [-0.39, 0.29) is 12.8 Å². The molecule has 0 aromatic rings. The summed E-state index contributed by atoms with van der Waals surface area (Å²) >= 11 is 0. The highest BCUT2D eigenvalue weighted by atomic mass is 16.5. The maximum atomic E-state index is 12.6. The van der Waals surface area contributed by atoms with Crippen LogP contribution in [0.4, 0.5) is 0 Å². The van der Waals surface area contributed by atoms with Crippen LogP contribution in [0.5, 0.6) is 0 Å². The van der Waals surface area contributed by atoms with Crippen LogP contribution in [0.15, 0.2) is 11.1 Å². The number of carboxylic acids is 1. The zero-order valence-corrected chi connectivity index (χ0v) is 30.3.